The standard InChI is InChI=1S/C39H25N3O.C39H25N3S.C39H25N3Se/c3*1-3-14-26(15-4-1)36-38(27-16-5-2-6-17-27)40-42-41-39(36)32-21-10-9-20-30(32)28-18-7-8-19-29(28)31-23-13-25-35-37(31)33-22-11-12-24-34(33)43-35/h3*1-25H. The van der Waals surface area contributed by atoms with Gasteiger partial charge in [-0.3, -0.25) is 0 Å². The van der Waals surface area contributed by atoms with Crippen LogP contribution in [0.25, 0.3) is 229 Å². The Morgan fingerprint density at radius 2 is 0.434 bits per heavy atom. The molecule has 606 valence electrons. The van der Waals surface area contributed by atoms with Gasteiger partial charge < -0.3 is 4.42 Å². The minimum atomic E-state index is 0.305. The Morgan fingerprint density at radius 3 is 0.853 bits per heavy atom. The van der Waals surface area contributed by atoms with Crippen LogP contribution in [0.2, 0.25) is 0 Å². The molecule has 0 unspecified atom stereocenters. The van der Waals surface area contributed by atoms with Gasteiger partial charge in [0.05, 0.1) is 0 Å². The maximum absolute atomic E-state index is 6.25. The average molecular weight is 1730 g/mol. The van der Waals surface area contributed by atoms with Crippen molar-refractivity contribution in [1.82, 2.24) is 46.2 Å². The van der Waals surface area contributed by atoms with Crippen LogP contribution < -0.4 is 0 Å². The Balaban J connectivity index is 0.000000114. The summed E-state index contributed by atoms with van der Waals surface area (Å²) in [6, 6.07) is 159. The van der Waals surface area contributed by atoms with E-state index >= 15 is 0 Å². The molecule has 24 rings (SSSR count). The number of rotatable bonds is 15. The Kier molecular flexibility index (Phi) is 21.5. The molecule has 10 nitrogen and oxygen atoms in total. The van der Waals surface area contributed by atoms with Crippen molar-refractivity contribution in [2.24, 2.45) is 0 Å². The first-order valence-corrected chi connectivity index (χ1v) is 45.4. The molecule has 0 atom stereocenters. The topological polar surface area (TPSA) is 129 Å². The molecule has 129 heavy (non-hydrogen) atoms. The van der Waals surface area contributed by atoms with Crippen LogP contribution in [0.15, 0.2) is 459 Å². The first-order chi connectivity index (χ1) is 64.1. The molecule has 0 bridgehead atoms. The fourth-order valence-corrected chi connectivity index (χ4v) is 21.7. The van der Waals surface area contributed by atoms with E-state index in [1.165, 1.54) is 67.3 Å². The van der Waals surface area contributed by atoms with Crippen LogP contribution in [0.4, 0.5) is 0 Å². The van der Waals surface area contributed by atoms with Gasteiger partial charge in [-0.25, -0.2) is 0 Å². The van der Waals surface area contributed by atoms with Crippen LogP contribution in [-0.4, -0.2) is 60.7 Å². The summed E-state index contributed by atoms with van der Waals surface area (Å²) in [6.45, 7) is 0. The molecular weight excluding hydrogens is 1660 g/mol. The molecule has 24 aromatic rings. The molecule has 0 aliphatic carbocycles. The molecule has 0 spiro atoms. The van der Waals surface area contributed by atoms with Gasteiger partial charge in [-0.2, -0.15) is 0 Å². The molecule has 0 amide bonds. The Morgan fingerprint density at radius 1 is 0.171 bits per heavy atom. The van der Waals surface area contributed by atoms with Gasteiger partial charge in [-0.1, -0.05) is 303 Å². The second kappa shape index (κ2) is 35.3. The van der Waals surface area contributed by atoms with Crippen molar-refractivity contribution in [2.45, 2.75) is 0 Å². The number of hydrogen-bond donors (Lipinski definition) is 0. The zero-order valence-electron chi connectivity index (χ0n) is 69.6. The molecular formula is C117H75N9OSSe. The summed E-state index contributed by atoms with van der Waals surface area (Å²) in [5, 5.41) is 48.3. The monoisotopic (exact) mass is 1730 g/mol. The number of thiophene rings is 1. The molecule has 6 aromatic heterocycles. The predicted octanol–water partition coefficient (Wildman–Crippen LogP) is 30.3. The summed E-state index contributed by atoms with van der Waals surface area (Å²) >= 11 is 2.15. The maximum atomic E-state index is 6.25. The fourth-order valence-electron chi connectivity index (χ4n) is 18.2. The van der Waals surface area contributed by atoms with Crippen molar-refractivity contribution in [3.05, 3.63) is 455 Å². The van der Waals surface area contributed by atoms with E-state index in [2.05, 4.69) is 383 Å². The first kappa shape index (κ1) is 78.5. The van der Waals surface area contributed by atoms with Crippen molar-refractivity contribution in [2.75, 3.05) is 0 Å². The van der Waals surface area contributed by atoms with E-state index in [4.69, 9.17) is 19.7 Å². The summed E-state index contributed by atoms with van der Waals surface area (Å²) < 4.78 is 11.7. The van der Waals surface area contributed by atoms with E-state index in [-0.39, 0.29) is 0 Å². The summed E-state index contributed by atoms with van der Waals surface area (Å²) in [5.74, 6) is 0. The third-order valence-corrected chi connectivity index (χ3v) is 27.4. The van der Waals surface area contributed by atoms with Crippen molar-refractivity contribution < 1.29 is 4.42 Å². The van der Waals surface area contributed by atoms with E-state index in [0.717, 1.165) is 162 Å². The van der Waals surface area contributed by atoms with Crippen LogP contribution in [0, 0.1) is 0 Å². The molecule has 0 aliphatic rings. The van der Waals surface area contributed by atoms with Crippen LogP contribution >= 0.6 is 11.3 Å². The summed E-state index contributed by atoms with van der Waals surface area (Å²) in [7, 11) is 0. The quantitative estimate of drug-likeness (QED) is 0.0915. The SMILES string of the molecule is c1ccc(-c2nnnc(-c3ccccc3-c3ccccc3-c3cccc4[se]c5ccccc5c34)c2-c2ccccc2)cc1.c1ccc(-c2nnnc(-c3ccccc3-c3ccccc3-c3cccc4oc5ccccc5c34)c2-c2ccccc2)cc1.c1ccc(-c2nnnc(-c3ccccc3-c3ccccc3-c3cccc4sc5ccccc5c34)c2-c2ccccc2)cc1. The molecule has 0 N–H and O–H groups in total. The minimum Gasteiger partial charge on any atom is -0.456 e. The molecule has 0 saturated heterocycles. The van der Waals surface area contributed by atoms with Crippen molar-refractivity contribution >= 4 is 87.2 Å². The van der Waals surface area contributed by atoms with Crippen LogP contribution in [-0.2, 0) is 0 Å². The third-order valence-electron chi connectivity index (χ3n) is 23.9. The van der Waals surface area contributed by atoms with Crippen LogP contribution in [0.5, 0.6) is 0 Å². The van der Waals surface area contributed by atoms with Gasteiger partial charge in [0.2, 0.25) is 0 Å². The van der Waals surface area contributed by atoms with Gasteiger partial charge in [0.25, 0.3) is 0 Å². The van der Waals surface area contributed by atoms with Crippen molar-refractivity contribution in [3.63, 3.8) is 0 Å². The summed E-state index contributed by atoms with van der Waals surface area (Å²) in [5.41, 5.74) is 32.6. The molecule has 0 radical (unpaired) electrons. The molecule has 18 aromatic carbocycles. The number of benzene rings is 18. The number of para-hydroxylation sites is 1. The molecule has 12 heteroatoms. The Hall–Kier alpha value is -16.5. The normalized spacial score (nSPS) is 11.3. The van der Waals surface area contributed by atoms with Gasteiger partial charge in [-0.05, 0) is 90.3 Å². The first-order valence-electron chi connectivity index (χ1n) is 42.9. The van der Waals surface area contributed by atoms with E-state index in [0.29, 0.717) is 14.5 Å². The minimum absolute atomic E-state index is 0.305. The Bertz CT molecular complexity index is 7490. The Labute approximate surface area is 754 Å². The average Bonchev–Trinajstić information content (AvgIpc) is 1.73. The van der Waals surface area contributed by atoms with E-state index in [1.807, 2.05) is 114 Å². The van der Waals surface area contributed by atoms with Crippen molar-refractivity contribution in [1.29, 1.82) is 0 Å². The van der Waals surface area contributed by atoms with Gasteiger partial charge in [0.1, 0.15) is 33.9 Å². The van der Waals surface area contributed by atoms with Gasteiger partial charge in [-0.15, -0.1) is 31.7 Å². The van der Waals surface area contributed by atoms with Crippen molar-refractivity contribution in [3.8, 4) is 168 Å². The number of nitrogens with zero attached hydrogens (tertiary/aromatic N) is 9. The van der Waals surface area contributed by atoms with Gasteiger partial charge in [0, 0.05) is 64.3 Å². The molecule has 0 saturated carbocycles. The second-order valence-electron chi connectivity index (χ2n) is 31.4. The van der Waals surface area contributed by atoms with Gasteiger partial charge in [0.15, 0.2) is 0 Å². The fraction of sp³-hybridized carbons (Fsp3) is 0. The van der Waals surface area contributed by atoms with E-state index in [1.54, 1.807) is 0 Å². The number of hydrogen-bond acceptors (Lipinski definition) is 11. The smallest absolute Gasteiger partial charge is 0.456 e. The second-order valence-corrected chi connectivity index (χ2v) is 34.7. The summed E-state index contributed by atoms with van der Waals surface area (Å²) in [4.78, 5) is 0. The zero-order valence-corrected chi connectivity index (χ0v) is 72.1. The predicted molar refractivity (Wildman–Crippen MR) is 533 cm³/mol. The van der Waals surface area contributed by atoms with E-state index in [9.17, 15) is 0 Å². The van der Waals surface area contributed by atoms with Crippen LogP contribution in [0.3, 0.4) is 0 Å². The number of furan rings is 1. The van der Waals surface area contributed by atoms with Gasteiger partial charge >= 0.3 is 232 Å². The molecule has 0 aliphatic heterocycles. The summed E-state index contributed by atoms with van der Waals surface area (Å²) in [6.07, 6.45) is 0. The molecule has 0 fully saturated rings. The van der Waals surface area contributed by atoms with E-state index < -0.39 is 0 Å². The van der Waals surface area contributed by atoms with Crippen LogP contribution in [0.1, 0.15) is 0 Å². The molecule has 6 heterocycles. The number of fused-ring (bicyclic) bond motifs is 9. The zero-order chi connectivity index (χ0) is 85.8. The number of aromatic nitrogens is 9. The third kappa shape index (κ3) is 15.0.